The van der Waals surface area contributed by atoms with Gasteiger partial charge in [-0.15, -0.1) is 11.3 Å². The molecule has 5 nitrogen and oxygen atoms in total. The van der Waals surface area contributed by atoms with Crippen molar-refractivity contribution in [3.63, 3.8) is 0 Å². The van der Waals surface area contributed by atoms with E-state index in [-0.39, 0.29) is 23.8 Å². The number of piperidine rings is 1. The molecule has 2 heterocycles. The van der Waals surface area contributed by atoms with Crippen LogP contribution in [0.1, 0.15) is 30.3 Å². The van der Waals surface area contributed by atoms with E-state index in [4.69, 9.17) is 5.73 Å². The zero-order chi connectivity index (χ0) is 12.4. The van der Waals surface area contributed by atoms with E-state index in [1.807, 2.05) is 6.92 Å². The number of carbonyl (C=O) groups is 2. The first-order valence-corrected chi connectivity index (χ1v) is 6.52. The molecule has 0 spiro atoms. The van der Waals surface area contributed by atoms with Crippen molar-refractivity contribution in [3.8, 4) is 0 Å². The number of rotatable bonds is 2. The van der Waals surface area contributed by atoms with Crippen molar-refractivity contribution < 1.29 is 9.59 Å². The monoisotopic (exact) mass is 253 g/mol. The number of amides is 2. The Labute approximate surface area is 104 Å². The number of thiazole rings is 1. The number of nitrogens with zero attached hydrogens (tertiary/aromatic N) is 2. The van der Waals surface area contributed by atoms with Gasteiger partial charge in [0.15, 0.2) is 0 Å². The van der Waals surface area contributed by atoms with Crippen LogP contribution in [0.2, 0.25) is 0 Å². The maximum absolute atomic E-state index is 12.2. The number of hydrogen-bond donors (Lipinski definition) is 1. The predicted octanol–water partition coefficient (Wildman–Crippen LogP) is 0.869. The average molecular weight is 253 g/mol. The average Bonchev–Trinajstić information content (AvgIpc) is 2.81. The van der Waals surface area contributed by atoms with Crippen molar-refractivity contribution in [2.45, 2.75) is 25.8 Å². The molecular weight excluding hydrogens is 238 g/mol. The van der Waals surface area contributed by atoms with E-state index in [9.17, 15) is 9.59 Å². The molecule has 0 radical (unpaired) electrons. The summed E-state index contributed by atoms with van der Waals surface area (Å²) in [4.78, 5) is 29.1. The molecule has 0 aromatic carbocycles. The summed E-state index contributed by atoms with van der Waals surface area (Å²) in [6.45, 7) is 2.40. The van der Waals surface area contributed by atoms with Crippen LogP contribution >= 0.6 is 11.3 Å². The Kier molecular flexibility index (Phi) is 3.42. The first-order chi connectivity index (χ1) is 8.09. The molecule has 0 saturated carbocycles. The fourth-order valence-electron chi connectivity index (χ4n) is 2.09. The molecule has 1 saturated heterocycles. The highest BCUT2D eigenvalue weighted by molar-refractivity contribution is 7.07. The predicted molar refractivity (Wildman–Crippen MR) is 64.5 cm³/mol. The molecule has 2 atom stereocenters. The van der Waals surface area contributed by atoms with Gasteiger partial charge in [0.25, 0.3) is 5.91 Å². The summed E-state index contributed by atoms with van der Waals surface area (Å²) >= 11 is 1.39. The molecule has 0 aliphatic carbocycles. The van der Waals surface area contributed by atoms with Gasteiger partial charge in [-0.3, -0.25) is 9.59 Å². The van der Waals surface area contributed by atoms with Crippen LogP contribution in [0.5, 0.6) is 0 Å². The fraction of sp³-hybridized carbons (Fsp3) is 0.545. The van der Waals surface area contributed by atoms with Gasteiger partial charge >= 0.3 is 0 Å². The Balaban J connectivity index is 2.13. The minimum atomic E-state index is -0.326. The topological polar surface area (TPSA) is 76.3 Å². The van der Waals surface area contributed by atoms with E-state index >= 15 is 0 Å². The quantitative estimate of drug-likeness (QED) is 0.849. The number of aromatic nitrogens is 1. The molecule has 6 heteroatoms. The molecule has 2 N–H and O–H groups in total. The van der Waals surface area contributed by atoms with Crippen LogP contribution in [-0.4, -0.2) is 34.3 Å². The minimum absolute atomic E-state index is 0.107. The number of hydrogen-bond acceptors (Lipinski definition) is 4. The van der Waals surface area contributed by atoms with Gasteiger partial charge in [0.05, 0.1) is 11.4 Å². The molecule has 1 fully saturated rings. The SMILES string of the molecule is CC1CCC(C(N)=O)CN1C(=O)c1cscn1. The third kappa shape index (κ3) is 2.46. The Hall–Kier alpha value is -1.43. The minimum Gasteiger partial charge on any atom is -0.369 e. The highest BCUT2D eigenvalue weighted by Crippen LogP contribution is 2.23. The lowest BCUT2D eigenvalue weighted by atomic mass is 9.93. The van der Waals surface area contributed by atoms with E-state index < -0.39 is 0 Å². The molecule has 1 aliphatic rings. The smallest absolute Gasteiger partial charge is 0.273 e. The molecule has 2 unspecified atom stereocenters. The number of carbonyl (C=O) groups excluding carboxylic acids is 2. The van der Waals surface area contributed by atoms with Crippen molar-refractivity contribution in [2.75, 3.05) is 6.54 Å². The summed E-state index contributed by atoms with van der Waals surface area (Å²) in [6, 6.07) is 0.139. The van der Waals surface area contributed by atoms with Crippen LogP contribution in [0.4, 0.5) is 0 Å². The molecule has 1 aliphatic heterocycles. The van der Waals surface area contributed by atoms with Crippen molar-refractivity contribution in [3.05, 3.63) is 16.6 Å². The van der Waals surface area contributed by atoms with Crippen LogP contribution in [0, 0.1) is 5.92 Å². The summed E-state index contributed by atoms with van der Waals surface area (Å²) in [5, 5.41) is 1.73. The highest BCUT2D eigenvalue weighted by Gasteiger charge is 2.32. The molecule has 0 bridgehead atoms. The van der Waals surface area contributed by atoms with Crippen LogP contribution < -0.4 is 5.73 Å². The molecule has 1 aromatic rings. The lowest BCUT2D eigenvalue weighted by Crippen LogP contribution is -2.48. The maximum Gasteiger partial charge on any atom is 0.273 e. The third-order valence-electron chi connectivity index (χ3n) is 3.20. The van der Waals surface area contributed by atoms with Crippen LogP contribution in [0.25, 0.3) is 0 Å². The zero-order valence-electron chi connectivity index (χ0n) is 9.63. The summed E-state index contributed by atoms with van der Waals surface area (Å²) in [5.74, 6) is -0.661. The number of primary amides is 1. The van der Waals surface area contributed by atoms with Gasteiger partial charge in [-0.2, -0.15) is 0 Å². The number of nitrogens with two attached hydrogens (primary N) is 1. The normalized spacial score (nSPS) is 24.6. The van der Waals surface area contributed by atoms with Gasteiger partial charge in [0.1, 0.15) is 5.69 Å². The standard InChI is InChI=1S/C11H15N3O2S/c1-7-2-3-8(10(12)15)4-14(7)11(16)9-5-17-6-13-9/h5-8H,2-4H2,1H3,(H2,12,15). The van der Waals surface area contributed by atoms with E-state index in [0.29, 0.717) is 12.2 Å². The zero-order valence-corrected chi connectivity index (χ0v) is 10.4. The second-order valence-corrected chi connectivity index (χ2v) is 5.08. The van der Waals surface area contributed by atoms with E-state index in [1.165, 1.54) is 11.3 Å². The van der Waals surface area contributed by atoms with Gasteiger partial charge in [0.2, 0.25) is 5.91 Å². The van der Waals surface area contributed by atoms with Crippen molar-refractivity contribution in [1.82, 2.24) is 9.88 Å². The van der Waals surface area contributed by atoms with Crippen LogP contribution in [0.15, 0.2) is 10.9 Å². The van der Waals surface area contributed by atoms with Gasteiger partial charge in [0, 0.05) is 18.0 Å². The lowest BCUT2D eigenvalue weighted by molar-refractivity contribution is -0.123. The van der Waals surface area contributed by atoms with Gasteiger partial charge in [-0.05, 0) is 19.8 Å². The van der Waals surface area contributed by atoms with Crippen molar-refractivity contribution >= 4 is 23.2 Å². The van der Waals surface area contributed by atoms with Gasteiger partial charge < -0.3 is 10.6 Å². The second kappa shape index (κ2) is 4.83. The van der Waals surface area contributed by atoms with E-state index in [1.54, 1.807) is 15.8 Å². The third-order valence-corrected chi connectivity index (χ3v) is 3.78. The summed E-state index contributed by atoms with van der Waals surface area (Å²) < 4.78 is 0. The Morgan fingerprint density at radius 2 is 2.29 bits per heavy atom. The summed E-state index contributed by atoms with van der Waals surface area (Å²) in [5.41, 5.74) is 7.39. The Morgan fingerprint density at radius 1 is 1.53 bits per heavy atom. The lowest BCUT2D eigenvalue weighted by Gasteiger charge is -2.36. The Bertz CT molecular complexity index is 418. The molecular formula is C11H15N3O2S. The van der Waals surface area contributed by atoms with Crippen LogP contribution in [0.3, 0.4) is 0 Å². The first-order valence-electron chi connectivity index (χ1n) is 5.58. The largest absolute Gasteiger partial charge is 0.369 e. The van der Waals surface area contributed by atoms with E-state index in [0.717, 1.165) is 12.8 Å². The summed E-state index contributed by atoms with van der Waals surface area (Å²) in [6.07, 6.45) is 1.57. The molecule has 17 heavy (non-hydrogen) atoms. The molecule has 92 valence electrons. The molecule has 2 rings (SSSR count). The summed E-state index contributed by atoms with van der Waals surface area (Å²) in [7, 11) is 0. The molecule has 2 amide bonds. The Morgan fingerprint density at radius 3 is 2.88 bits per heavy atom. The van der Waals surface area contributed by atoms with Crippen molar-refractivity contribution in [2.24, 2.45) is 11.7 Å². The number of likely N-dealkylation sites (tertiary alicyclic amines) is 1. The highest BCUT2D eigenvalue weighted by atomic mass is 32.1. The fourth-order valence-corrected chi connectivity index (χ4v) is 2.61. The van der Waals surface area contributed by atoms with Crippen molar-refractivity contribution in [1.29, 1.82) is 0 Å². The van der Waals surface area contributed by atoms with Gasteiger partial charge in [-0.1, -0.05) is 0 Å². The van der Waals surface area contributed by atoms with Crippen LogP contribution in [-0.2, 0) is 4.79 Å². The van der Waals surface area contributed by atoms with Gasteiger partial charge in [-0.25, -0.2) is 4.98 Å². The van der Waals surface area contributed by atoms with E-state index in [2.05, 4.69) is 4.98 Å². The molecule has 1 aromatic heterocycles. The maximum atomic E-state index is 12.2. The first kappa shape index (κ1) is 12.0. The second-order valence-electron chi connectivity index (χ2n) is 4.36.